The molecule has 3 saturated heterocycles. The maximum atomic E-state index is 14.4. The third kappa shape index (κ3) is 10.2. The number of fused-ring (bicyclic) bond motifs is 5. The summed E-state index contributed by atoms with van der Waals surface area (Å²) in [6.07, 6.45) is -4.09. The van der Waals surface area contributed by atoms with Crippen LogP contribution in [0.15, 0.2) is 47.5 Å². The van der Waals surface area contributed by atoms with E-state index in [1.807, 2.05) is 83.9 Å². The summed E-state index contributed by atoms with van der Waals surface area (Å²) in [5.41, 5.74) is -0.587. The average Bonchev–Trinajstić information content (AvgIpc) is 3.12. The Kier molecular flexibility index (Phi) is 15.0. The number of rotatable bonds is 8. The van der Waals surface area contributed by atoms with Crippen molar-refractivity contribution < 1.29 is 48.2 Å². The minimum absolute atomic E-state index is 0.0423. The maximum Gasteiger partial charge on any atom is 0.316 e. The molecule has 3 aliphatic rings. The summed E-state index contributed by atoms with van der Waals surface area (Å²) in [6, 6.07) is 9.56. The fourth-order valence-corrected chi connectivity index (χ4v) is 8.36. The molecule has 4 rings (SSSR count). The molecule has 12 heteroatoms. The number of cyclic esters (lactones) is 1. The summed E-state index contributed by atoms with van der Waals surface area (Å²) in [5.74, 6) is -4.09. The second-order valence-corrected chi connectivity index (χ2v) is 16.1. The zero-order valence-corrected chi connectivity index (χ0v) is 33.4. The van der Waals surface area contributed by atoms with E-state index >= 15 is 0 Å². The van der Waals surface area contributed by atoms with Crippen molar-refractivity contribution in [2.75, 3.05) is 34.0 Å². The molecule has 0 aliphatic carbocycles. The van der Waals surface area contributed by atoms with E-state index in [1.165, 1.54) is 6.92 Å². The SMILES string of the molecule is C=C1COC2C(C)/C(=N/COCc3ccccc3)C(C)C[C@@](C)(OC1)C(O[C@@H]1O[C@H](C)C[C@H](N(C)C)C1O)[C@@H](C)C(=O)[C@@H](C)C(=O)O[C@H](CC)[C@@]2(C)O. The molecule has 12 nitrogen and oxygen atoms in total. The van der Waals surface area contributed by atoms with Crippen molar-refractivity contribution in [1.29, 1.82) is 0 Å². The Bertz CT molecular complexity index is 1420. The van der Waals surface area contributed by atoms with E-state index in [-0.39, 0.29) is 44.4 Å². The van der Waals surface area contributed by atoms with Gasteiger partial charge in [-0.3, -0.25) is 14.6 Å². The van der Waals surface area contributed by atoms with E-state index in [4.69, 9.17) is 33.4 Å². The van der Waals surface area contributed by atoms with Gasteiger partial charge in [0, 0.05) is 23.6 Å². The minimum Gasteiger partial charge on any atom is -0.459 e. The molecular formula is C41H64N2O10. The second kappa shape index (κ2) is 18.4. The second-order valence-electron chi connectivity index (χ2n) is 16.1. The van der Waals surface area contributed by atoms with Crippen molar-refractivity contribution in [3.63, 3.8) is 0 Å². The molecule has 1 aromatic rings. The minimum atomic E-state index is -1.69. The number of aliphatic hydroxyl groups is 2. The number of likely N-dealkylation sites (N-methyl/N-ethyl adjacent to an activating group) is 1. The summed E-state index contributed by atoms with van der Waals surface area (Å²) in [7, 11) is 3.79. The fourth-order valence-electron chi connectivity index (χ4n) is 8.36. The van der Waals surface area contributed by atoms with E-state index in [0.717, 1.165) is 5.56 Å². The predicted octanol–water partition coefficient (Wildman–Crippen LogP) is 4.73. The molecule has 0 spiro atoms. The first-order valence-corrected chi connectivity index (χ1v) is 19.1. The van der Waals surface area contributed by atoms with Crippen molar-refractivity contribution in [3.05, 3.63) is 48.0 Å². The molecule has 0 aromatic heterocycles. The van der Waals surface area contributed by atoms with Gasteiger partial charge in [0.25, 0.3) is 0 Å². The van der Waals surface area contributed by atoms with Crippen LogP contribution in [0, 0.1) is 23.7 Å². The van der Waals surface area contributed by atoms with Gasteiger partial charge < -0.3 is 43.5 Å². The molecule has 0 amide bonds. The van der Waals surface area contributed by atoms with Gasteiger partial charge in [-0.2, -0.15) is 0 Å². The van der Waals surface area contributed by atoms with Crippen LogP contribution in [-0.4, -0.2) is 121 Å². The Balaban J connectivity index is 1.86. The Morgan fingerprint density at radius 3 is 2.36 bits per heavy atom. The van der Waals surface area contributed by atoms with E-state index in [0.29, 0.717) is 30.7 Å². The summed E-state index contributed by atoms with van der Waals surface area (Å²) in [5, 5.41) is 23.9. The normalized spacial score (nSPS) is 40.4. The van der Waals surface area contributed by atoms with Crippen LogP contribution in [-0.2, 0) is 44.6 Å². The monoisotopic (exact) mass is 744 g/mol. The first kappa shape index (κ1) is 43.2. The fraction of sp³-hybridized carbons (Fsp3) is 0.732. The number of carbonyl (C=O) groups is 2. The number of hydrogen-bond donors (Lipinski definition) is 2. The molecule has 2 N–H and O–H groups in total. The van der Waals surface area contributed by atoms with Crippen LogP contribution >= 0.6 is 0 Å². The Morgan fingerprint density at radius 1 is 1.04 bits per heavy atom. The number of nitrogens with zero attached hydrogens (tertiary/aromatic N) is 2. The zero-order valence-electron chi connectivity index (χ0n) is 33.4. The lowest BCUT2D eigenvalue weighted by Crippen LogP contribution is -2.60. The zero-order chi connectivity index (χ0) is 39.2. The molecular weight excluding hydrogens is 680 g/mol. The number of ketones is 1. The molecule has 298 valence electrons. The van der Waals surface area contributed by atoms with Gasteiger partial charge in [-0.05, 0) is 78.1 Å². The number of ether oxygens (including phenoxy) is 6. The standard InChI is InChI=1S/C41H64N2O10/c1-12-32-41(9,47)37-27(5)33(42-23-48-22-30-16-14-13-15-17-30)25(3)19-40(8,50-21-24(2)20-49-37)36(28(6)34(44)29(7)38(46)52-32)53-39-35(45)31(43(10)11)18-26(4)51-39/h13-17,25-29,31-32,35-37,39,45,47H,2,12,18-23H2,1,3-11H3/b42-33+/t25?,26-,27?,28+,29-,31+,32-,35?,36?,37?,39+,40-,41-/m1/s1. The molecule has 5 unspecified atom stereocenters. The largest absolute Gasteiger partial charge is 0.459 e. The lowest BCUT2D eigenvalue weighted by atomic mass is 9.73. The first-order valence-electron chi connectivity index (χ1n) is 19.1. The van der Waals surface area contributed by atoms with Gasteiger partial charge in [0.05, 0.1) is 43.7 Å². The van der Waals surface area contributed by atoms with Gasteiger partial charge >= 0.3 is 5.97 Å². The lowest BCUT2D eigenvalue weighted by Gasteiger charge is -2.47. The number of aliphatic imine (C=N–C) groups is 1. The maximum absolute atomic E-state index is 14.4. The smallest absolute Gasteiger partial charge is 0.316 e. The van der Waals surface area contributed by atoms with Crippen molar-refractivity contribution in [3.8, 4) is 0 Å². The van der Waals surface area contributed by atoms with Gasteiger partial charge in [0.15, 0.2) is 12.1 Å². The molecule has 3 heterocycles. The average molecular weight is 745 g/mol. The number of hydrogen-bond acceptors (Lipinski definition) is 12. The van der Waals surface area contributed by atoms with Crippen molar-refractivity contribution >= 4 is 17.5 Å². The number of Topliss-reactive ketones (excluding diaryl/α,β-unsaturated/α-hetero) is 1. The van der Waals surface area contributed by atoms with Crippen LogP contribution in [0.1, 0.15) is 80.2 Å². The van der Waals surface area contributed by atoms with Gasteiger partial charge in [0.2, 0.25) is 0 Å². The highest BCUT2D eigenvalue weighted by atomic mass is 16.7. The summed E-state index contributed by atoms with van der Waals surface area (Å²) < 4.78 is 38.3. The van der Waals surface area contributed by atoms with E-state index in [2.05, 4.69) is 6.58 Å². The lowest BCUT2D eigenvalue weighted by molar-refractivity contribution is -0.296. The molecule has 1 aromatic carbocycles. The highest BCUT2D eigenvalue weighted by molar-refractivity contribution is 6.00. The third-order valence-electron chi connectivity index (χ3n) is 11.4. The van der Waals surface area contributed by atoms with Crippen LogP contribution in [0.2, 0.25) is 0 Å². The quantitative estimate of drug-likeness (QED) is 0.165. The number of carbonyl (C=O) groups excluding carboxylic acids is 2. The molecule has 3 aliphatic heterocycles. The van der Waals surface area contributed by atoms with Crippen molar-refractivity contribution in [2.45, 2.75) is 135 Å². The van der Waals surface area contributed by atoms with E-state index in [1.54, 1.807) is 13.8 Å². The molecule has 13 atom stereocenters. The molecule has 53 heavy (non-hydrogen) atoms. The van der Waals surface area contributed by atoms with Crippen LogP contribution in [0.25, 0.3) is 0 Å². The number of esters is 1. The molecule has 0 saturated carbocycles. The van der Waals surface area contributed by atoms with Crippen LogP contribution in [0.3, 0.4) is 0 Å². The van der Waals surface area contributed by atoms with Gasteiger partial charge in [-0.25, -0.2) is 0 Å². The van der Waals surface area contributed by atoms with E-state index in [9.17, 15) is 19.8 Å². The van der Waals surface area contributed by atoms with Crippen molar-refractivity contribution in [1.82, 2.24) is 4.90 Å². The summed E-state index contributed by atoms with van der Waals surface area (Å²) in [6.45, 7) is 19.2. The van der Waals surface area contributed by atoms with Gasteiger partial charge in [0.1, 0.15) is 30.5 Å². The predicted molar refractivity (Wildman–Crippen MR) is 201 cm³/mol. The Hall–Kier alpha value is -2.55. The number of benzene rings is 1. The topological polar surface area (TPSA) is 146 Å². The summed E-state index contributed by atoms with van der Waals surface area (Å²) >= 11 is 0. The van der Waals surface area contributed by atoms with Crippen molar-refractivity contribution in [2.24, 2.45) is 28.7 Å². The molecule has 3 fully saturated rings. The highest BCUT2D eigenvalue weighted by Crippen LogP contribution is 2.40. The van der Waals surface area contributed by atoms with Crippen LogP contribution < -0.4 is 0 Å². The third-order valence-corrected chi connectivity index (χ3v) is 11.4. The van der Waals surface area contributed by atoms with Crippen LogP contribution in [0.4, 0.5) is 0 Å². The highest BCUT2D eigenvalue weighted by Gasteiger charge is 2.52. The van der Waals surface area contributed by atoms with Crippen LogP contribution in [0.5, 0.6) is 0 Å². The summed E-state index contributed by atoms with van der Waals surface area (Å²) in [4.78, 5) is 35.1. The first-order chi connectivity index (χ1) is 24.9. The van der Waals surface area contributed by atoms with Gasteiger partial charge in [-0.1, -0.05) is 64.6 Å². The number of aliphatic hydroxyl groups excluding tert-OH is 1. The Labute approximate surface area is 316 Å². The molecule has 2 bridgehead atoms. The van der Waals surface area contributed by atoms with E-state index < -0.39 is 71.4 Å². The molecule has 0 radical (unpaired) electrons. The Morgan fingerprint density at radius 2 is 1.72 bits per heavy atom. The van der Waals surface area contributed by atoms with Gasteiger partial charge in [-0.15, -0.1) is 0 Å².